The van der Waals surface area contributed by atoms with Gasteiger partial charge < -0.3 is 47.5 Å². The largest absolute Gasteiger partial charge is 0.506 e. The van der Waals surface area contributed by atoms with Crippen LogP contribution in [0.3, 0.4) is 0 Å². The van der Waals surface area contributed by atoms with Crippen LogP contribution in [0.25, 0.3) is 10.8 Å². The third-order valence-electron chi connectivity index (χ3n) is 15.5. The number of benzene rings is 7. The lowest BCUT2D eigenvalue weighted by molar-refractivity contribution is -0.143. The molecule has 430 valence electrons. The molecule has 17 heteroatoms. The van der Waals surface area contributed by atoms with E-state index < -0.39 is 49.2 Å². The number of hydrogen-bond acceptors (Lipinski definition) is 14. The van der Waals surface area contributed by atoms with Gasteiger partial charge in [0.05, 0.1) is 55.0 Å². The topological polar surface area (TPSA) is 176 Å². The number of carbonyl (C=O) groups is 3. The van der Waals surface area contributed by atoms with E-state index in [2.05, 4.69) is 38.4 Å². The average molecular weight is 1160 g/mol. The Morgan fingerprint density at radius 1 is 0.831 bits per heavy atom. The van der Waals surface area contributed by atoms with Gasteiger partial charge in [-0.2, -0.15) is 5.26 Å². The number of phenols is 1. The van der Waals surface area contributed by atoms with E-state index in [1.54, 1.807) is 76.3 Å². The van der Waals surface area contributed by atoms with Crippen LogP contribution in [0.4, 0.5) is 0 Å². The van der Waals surface area contributed by atoms with E-state index in [0.29, 0.717) is 62.3 Å². The Labute approximate surface area is 490 Å². The van der Waals surface area contributed by atoms with E-state index in [0.717, 1.165) is 16.7 Å². The number of likely N-dealkylation sites (tertiary alicyclic amines) is 1. The number of esters is 2. The predicted octanol–water partition coefficient (Wildman–Crippen LogP) is 13.5. The lowest BCUT2D eigenvalue weighted by Crippen LogP contribution is -2.42. The number of nitriles is 1. The summed E-state index contributed by atoms with van der Waals surface area (Å²) in [5.74, 6) is 0.635. The number of fused-ring (bicyclic) bond motifs is 8. The standard InChI is InChI=1S/C66H67ClN3O12P/c1-40(2)70(41(3)4)83(78-32-31-68)82-50-35-47(39-77-65(44-15-11-10-12-16-44,45-21-25-48(75-8)26-22-45)46-23-27-49(76-9)28-24-46)69(38-50)60(72)30-20-43-33-55-59(37-58(43)80-63(74)64(5,6)7)79-61-52-36-56(67)57(71)34-42(52)19-29-54(61)66(55)53-18-14-13-17-51(53)62(73)81-66/h10-19,21-29,33-34,36-37,40-41,47,50,71H,20,30,32,35,38-39H2,1-9H3/t47-,50+,66?,83?/m0/s1. The SMILES string of the molecule is COc1ccc(C(OC[C@@H]2C[C@@H](OP(OCC#N)N(C(C)C)C(C)C)CN2C(=O)CCc2cc3c(cc2OC(=O)C(C)(C)C)Oc2c(ccc4cc(O)c(Cl)cc24)C32OC(=O)c3ccccc32)(c2ccccc2)c2ccc(OC)cc2)cc1. The van der Waals surface area contributed by atoms with Crippen molar-refractivity contribution in [3.05, 3.63) is 189 Å². The van der Waals surface area contributed by atoms with Crippen molar-refractivity contribution >= 4 is 48.7 Å². The second-order valence-corrected chi connectivity index (χ2v) is 24.3. The Morgan fingerprint density at radius 2 is 1.47 bits per heavy atom. The summed E-state index contributed by atoms with van der Waals surface area (Å²) in [5.41, 5.74) is 1.13. The molecule has 4 atom stereocenters. The first kappa shape index (κ1) is 58.6. The Morgan fingerprint density at radius 3 is 2.10 bits per heavy atom. The van der Waals surface area contributed by atoms with Gasteiger partial charge in [0.2, 0.25) is 5.91 Å². The van der Waals surface area contributed by atoms with Crippen LogP contribution < -0.4 is 18.9 Å². The van der Waals surface area contributed by atoms with Gasteiger partial charge in [-0.15, -0.1) is 0 Å². The molecule has 1 spiro atoms. The van der Waals surface area contributed by atoms with Gasteiger partial charge in [0, 0.05) is 53.2 Å². The molecule has 83 heavy (non-hydrogen) atoms. The van der Waals surface area contributed by atoms with Crippen molar-refractivity contribution in [3.63, 3.8) is 0 Å². The van der Waals surface area contributed by atoms with Crippen LogP contribution in [0.15, 0.2) is 140 Å². The second-order valence-electron chi connectivity index (χ2n) is 22.5. The minimum atomic E-state index is -1.77. The quantitative estimate of drug-likeness (QED) is 0.0350. The molecule has 2 unspecified atom stereocenters. The smallest absolute Gasteiger partial charge is 0.340 e. The molecule has 0 bridgehead atoms. The van der Waals surface area contributed by atoms with Gasteiger partial charge in [0.25, 0.3) is 8.53 Å². The molecule has 0 saturated carbocycles. The summed E-state index contributed by atoms with van der Waals surface area (Å²) in [6.45, 7) is 13.5. The molecule has 1 saturated heterocycles. The summed E-state index contributed by atoms with van der Waals surface area (Å²) in [7, 11) is 1.47. The van der Waals surface area contributed by atoms with Crippen LogP contribution in [-0.2, 0) is 45.7 Å². The van der Waals surface area contributed by atoms with Crippen LogP contribution in [0, 0.1) is 16.7 Å². The normalized spacial score (nSPS) is 17.7. The maximum absolute atomic E-state index is 15.5. The van der Waals surface area contributed by atoms with E-state index in [4.69, 9.17) is 49.1 Å². The summed E-state index contributed by atoms with van der Waals surface area (Å²) in [5, 5.41) is 21.6. The molecule has 10 rings (SSSR count). The first-order chi connectivity index (χ1) is 39.8. The van der Waals surface area contributed by atoms with Crippen LogP contribution in [0.1, 0.15) is 111 Å². The maximum Gasteiger partial charge on any atom is 0.340 e. The Hall–Kier alpha value is -7.54. The number of rotatable bonds is 19. The summed E-state index contributed by atoms with van der Waals surface area (Å²) >= 11 is 6.55. The zero-order valence-corrected chi connectivity index (χ0v) is 49.6. The molecule has 0 aromatic heterocycles. The Bertz CT molecular complexity index is 3550. The first-order valence-electron chi connectivity index (χ1n) is 27.7. The van der Waals surface area contributed by atoms with Gasteiger partial charge in [-0.25, -0.2) is 9.46 Å². The molecule has 1 fully saturated rings. The summed E-state index contributed by atoms with van der Waals surface area (Å²) in [6, 6.07) is 44.4. The van der Waals surface area contributed by atoms with Crippen molar-refractivity contribution in [3.8, 4) is 40.6 Å². The number of ether oxygens (including phenoxy) is 6. The third-order valence-corrected chi connectivity index (χ3v) is 17.9. The van der Waals surface area contributed by atoms with Gasteiger partial charge in [-0.3, -0.25) is 9.59 Å². The summed E-state index contributed by atoms with van der Waals surface area (Å²) in [4.78, 5) is 45.4. The first-order valence-corrected chi connectivity index (χ1v) is 29.2. The molecule has 3 heterocycles. The van der Waals surface area contributed by atoms with E-state index in [1.165, 1.54) is 6.07 Å². The predicted molar refractivity (Wildman–Crippen MR) is 316 cm³/mol. The lowest BCUT2D eigenvalue weighted by atomic mass is 9.76. The number of methoxy groups -OCH3 is 2. The van der Waals surface area contributed by atoms with Crippen LogP contribution >= 0.6 is 20.1 Å². The minimum Gasteiger partial charge on any atom is -0.506 e. The third kappa shape index (κ3) is 11.2. The fraction of sp³-hybridized carbons (Fsp3) is 0.333. The molecule has 7 aromatic rings. The highest BCUT2D eigenvalue weighted by Crippen LogP contribution is 2.59. The van der Waals surface area contributed by atoms with Crippen LogP contribution in [0.2, 0.25) is 5.02 Å². The fourth-order valence-corrected chi connectivity index (χ4v) is 13.3. The number of nitrogens with zero attached hydrogens (tertiary/aromatic N) is 3. The van der Waals surface area contributed by atoms with Crippen molar-refractivity contribution in [2.75, 3.05) is 34.0 Å². The molecule has 1 amide bonds. The zero-order chi connectivity index (χ0) is 59.0. The Kier molecular flexibility index (Phi) is 16.9. The van der Waals surface area contributed by atoms with Crippen LogP contribution in [0.5, 0.6) is 34.5 Å². The van der Waals surface area contributed by atoms with Crippen molar-refractivity contribution < 1.29 is 57.0 Å². The molecular formula is C66H67ClN3O12P. The molecule has 7 aromatic carbocycles. The van der Waals surface area contributed by atoms with Gasteiger partial charge in [-0.1, -0.05) is 90.5 Å². The van der Waals surface area contributed by atoms with Crippen molar-refractivity contribution in [1.82, 2.24) is 9.57 Å². The van der Waals surface area contributed by atoms with Crippen molar-refractivity contribution in [2.24, 2.45) is 5.41 Å². The van der Waals surface area contributed by atoms with E-state index in [1.807, 2.05) is 97.1 Å². The molecule has 0 aliphatic carbocycles. The average Bonchev–Trinajstić information content (AvgIpc) is 2.68. The molecule has 3 aliphatic rings. The van der Waals surface area contributed by atoms with E-state index in [-0.39, 0.29) is 72.9 Å². The van der Waals surface area contributed by atoms with Crippen molar-refractivity contribution in [1.29, 1.82) is 5.26 Å². The minimum absolute atomic E-state index is 0.00307. The zero-order valence-electron chi connectivity index (χ0n) is 47.9. The van der Waals surface area contributed by atoms with Crippen LogP contribution in [-0.4, -0.2) is 90.7 Å². The highest BCUT2D eigenvalue weighted by molar-refractivity contribution is 7.44. The molecule has 3 aliphatic heterocycles. The summed E-state index contributed by atoms with van der Waals surface area (Å²) < 4.78 is 53.7. The maximum atomic E-state index is 15.5. The number of hydrogen-bond donors (Lipinski definition) is 1. The van der Waals surface area contributed by atoms with Crippen molar-refractivity contribution in [2.45, 2.75) is 103 Å². The number of phenolic OH excluding ortho intramolecular Hbond substituents is 1. The lowest BCUT2D eigenvalue weighted by Gasteiger charge is -2.38. The number of amides is 1. The molecule has 1 N–H and O–H groups in total. The monoisotopic (exact) mass is 1160 g/mol. The highest BCUT2D eigenvalue weighted by Gasteiger charge is 2.54. The molecule has 15 nitrogen and oxygen atoms in total. The van der Waals surface area contributed by atoms with Gasteiger partial charge in [0.15, 0.2) is 5.60 Å². The fourth-order valence-electron chi connectivity index (χ4n) is 11.5. The number of aryl methyl sites for hydroxylation is 1. The van der Waals surface area contributed by atoms with Gasteiger partial charge >= 0.3 is 11.9 Å². The number of carbonyl (C=O) groups excluding carboxylic acids is 3. The molecular weight excluding hydrogens is 1090 g/mol. The Balaban J connectivity index is 1.06. The summed E-state index contributed by atoms with van der Waals surface area (Å²) in [6.07, 6.45) is -0.184. The number of aromatic hydroxyl groups is 1. The van der Waals surface area contributed by atoms with Gasteiger partial charge in [0.1, 0.15) is 46.7 Å². The second kappa shape index (κ2) is 24.0. The highest BCUT2D eigenvalue weighted by atomic mass is 35.5. The van der Waals surface area contributed by atoms with Gasteiger partial charge in [-0.05, 0) is 144 Å². The van der Waals surface area contributed by atoms with E-state index in [9.17, 15) is 20.0 Å². The number of halogens is 1. The molecule has 0 radical (unpaired) electrons. The van der Waals surface area contributed by atoms with E-state index >= 15 is 4.79 Å².